The van der Waals surface area contributed by atoms with Gasteiger partial charge in [-0.05, 0) is 49.3 Å². The molecule has 0 fully saturated rings. The summed E-state index contributed by atoms with van der Waals surface area (Å²) in [5, 5.41) is 0. The van der Waals surface area contributed by atoms with E-state index in [1.807, 2.05) is 13.0 Å². The smallest absolute Gasteiger partial charge is 0.177 e. The van der Waals surface area contributed by atoms with Gasteiger partial charge in [0.25, 0.3) is 0 Å². The number of nitrogens with zero attached hydrogens (tertiary/aromatic N) is 1. The Morgan fingerprint density at radius 3 is 3.00 bits per heavy atom. The minimum absolute atomic E-state index is 0.137. The Morgan fingerprint density at radius 1 is 1.50 bits per heavy atom. The third kappa shape index (κ3) is 1.86. The van der Waals surface area contributed by atoms with Gasteiger partial charge in [-0.3, -0.25) is 0 Å². The molecule has 0 amide bonds. The monoisotopic (exact) mass is 326 g/mol. The van der Waals surface area contributed by atoms with Crippen LogP contribution in [0.15, 0.2) is 22.7 Å². The second kappa shape index (κ2) is 4.31. The van der Waals surface area contributed by atoms with E-state index in [1.54, 1.807) is 6.07 Å². The molecule has 18 heavy (non-hydrogen) atoms. The Balaban J connectivity index is 2.01. The standard InChI is InChI=1S/C13H12BrFN2S/c1-7-12-4-8(6-17(12)13(18)16-7)10-5-9(14)2-3-11(10)15/h2-3,5,8H,4,6H2,1H3,(H,16,18)/t8-/m1/s1. The number of aryl methyl sites for hydroxylation is 1. The van der Waals surface area contributed by atoms with Crippen molar-refractivity contribution in [1.29, 1.82) is 0 Å². The summed E-state index contributed by atoms with van der Waals surface area (Å²) >= 11 is 8.66. The van der Waals surface area contributed by atoms with Gasteiger partial charge in [-0.25, -0.2) is 4.39 Å². The van der Waals surface area contributed by atoms with Crippen LogP contribution in [-0.4, -0.2) is 9.55 Å². The molecule has 1 aliphatic rings. The van der Waals surface area contributed by atoms with E-state index >= 15 is 0 Å². The molecule has 3 rings (SSSR count). The Morgan fingerprint density at radius 2 is 2.28 bits per heavy atom. The van der Waals surface area contributed by atoms with Crippen LogP contribution in [0.5, 0.6) is 0 Å². The highest BCUT2D eigenvalue weighted by atomic mass is 79.9. The molecule has 2 aromatic rings. The summed E-state index contributed by atoms with van der Waals surface area (Å²) in [6, 6.07) is 5.11. The highest BCUT2D eigenvalue weighted by molar-refractivity contribution is 9.10. The number of halogens is 2. The summed E-state index contributed by atoms with van der Waals surface area (Å²) in [6.07, 6.45) is 0.840. The van der Waals surface area contributed by atoms with Crippen molar-refractivity contribution in [2.75, 3.05) is 0 Å². The minimum Gasteiger partial charge on any atom is -0.335 e. The molecule has 1 aliphatic heterocycles. The molecule has 2 nitrogen and oxygen atoms in total. The second-order valence-electron chi connectivity index (χ2n) is 4.68. The first-order valence-electron chi connectivity index (χ1n) is 5.79. The molecule has 1 aromatic carbocycles. The van der Waals surface area contributed by atoms with E-state index in [-0.39, 0.29) is 11.7 Å². The van der Waals surface area contributed by atoms with E-state index in [9.17, 15) is 4.39 Å². The number of hydrogen-bond acceptors (Lipinski definition) is 1. The summed E-state index contributed by atoms with van der Waals surface area (Å²) in [5.74, 6) is 0.0361. The fourth-order valence-corrected chi connectivity index (χ4v) is 3.35. The largest absolute Gasteiger partial charge is 0.335 e. The number of H-pyrrole nitrogens is 1. The summed E-state index contributed by atoms with van der Waals surface area (Å²) < 4.78 is 17.6. The van der Waals surface area contributed by atoms with Gasteiger partial charge in [-0.1, -0.05) is 15.9 Å². The third-order valence-electron chi connectivity index (χ3n) is 3.54. The molecule has 0 aliphatic carbocycles. The lowest BCUT2D eigenvalue weighted by Gasteiger charge is -2.11. The van der Waals surface area contributed by atoms with Gasteiger partial charge in [0.2, 0.25) is 0 Å². The Hall–Kier alpha value is -0.940. The van der Waals surface area contributed by atoms with E-state index < -0.39 is 0 Å². The Bertz CT molecular complexity index is 674. The third-order valence-corrected chi connectivity index (χ3v) is 4.35. The van der Waals surface area contributed by atoms with Crippen LogP contribution in [0.2, 0.25) is 0 Å². The van der Waals surface area contributed by atoms with Gasteiger partial charge in [0.15, 0.2) is 4.77 Å². The predicted octanol–water partition coefficient (Wildman–Crippen LogP) is 4.10. The first-order chi connectivity index (χ1) is 8.56. The maximum absolute atomic E-state index is 13.9. The first-order valence-corrected chi connectivity index (χ1v) is 6.99. The number of hydrogen-bond donors (Lipinski definition) is 1. The highest BCUT2D eigenvalue weighted by Crippen LogP contribution is 2.33. The maximum atomic E-state index is 13.9. The predicted molar refractivity (Wildman–Crippen MR) is 74.9 cm³/mol. The minimum atomic E-state index is -0.137. The fourth-order valence-electron chi connectivity index (χ4n) is 2.64. The van der Waals surface area contributed by atoms with Crippen LogP contribution in [0.1, 0.15) is 22.9 Å². The zero-order valence-electron chi connectivity index (χ0n) is 9.84. The normalized spacial score (nSPS) is 18.1. The van der Waals surface area contributed by atoms with Gasteiger partial charge >= 0.3 is 0 Å². The lowest BCUT2D eigenvalue weighted by atomic mass is 9.96. The van der Waals surface area contributed by atoms with Gasteiger partial charge < -0.3 is 9.55 Å². The molecule has 0 saturated heterocycles. The molecule has 1 atom stereocenters. The molecule has 2 heterocycles. The quantitative estimate of drug-likeness (QED) is 0.782. The van der Waals surface area contributed by atoms with Crippen molar-refractivity contribution in [3.63, 3.8) is 0 Å². The molecule has 0 bridgehead atoms. The van der Waals surface area contributed by atoms with Crippen LogP contribution in [0, 0.1) is 17.5 Å². The van der Waals surface area contributed by atoms with E-state index in [1.165, 1.54) is 11.8 Å². The van der Waals surface area contributed by atoms with Gasteiger partial charge in [-0.2, -0.15) is 0 Å². The van der Waals surface area contributed by atoms with E-state index in [0.29, 0.717) is 0 Å². The van der Waals surface area contributed by atoms with Crippen molar-refractivity contribution in [3.05, 3.63) is 50.2 Å². The number of aromatic amines is 1. The lowest BCUT2D eigenvalue weighted by molar-refractivity contribution is 0.562. The summed E-state index contributed by atoms with van der Waals surface area (Å²) in [4.78, 5) is 3.15. The van der Waals surface area contributed by atoms with Gasteiger partial charge in [0.05, 0.1) is 0 Å². The number of fused-ring (bicyclic) bond motifs is 1. The molecule has 1 N–H and O–H groups in total. The van der Waals surface area contributed by atoms with E-state index in [4.69, 9.17) is 12.2 Å². The number of aromatic nitrogens is 2. The average molecular weight is 327 g/mol. The second-order valence-corrected chi connectivity index (χ2v) is 5.98. The van der Waals surface area contributed by atoms with Crippen molar-refractivity contribution < 1.29 is 4.39 Å². The molecule has 0 radical (unpaired) electrons. The zero-order valence-corrected chi connectivity index (χ0v) is 12.2. The lowest BCUT2D eigenvalue weighted by Crippen LogP contribution is -2.04. The van der Waals surface area contributed by atoms with Crippen LogP contribution in [-0.2, 0) is 13.0 Å². The molecule has 0 unspecified atom stereocenters. The fraction of sp³-hybridized carbons (Fsp3) is 0.308. The molecular weight excluding hydrogens is 315 g/mol. The molecular formula is C13H12BrFN2S. The van der Waals surface area contributed by atoms with Crippen molar-refractivity contribution in [3.8, 4) is 0 Å². The number of rotatable bonds is 1. The van der Waals surface area contributed by atoms with Gasteiger partial charge in [0.1, 0.15) is 5.82 Å². The highest BCUT2D eigenvalue weighted by Gasteiger charge is 2.27. The summed E-state index contributed by atoms with van der Waals surface area (Å²) in [7, 11) is 0. The molecule has 1 aromatic heterocycles. The Kier molecular flexibility index (Phi) is 2.90. The molecule has 94 valence electrons. The maximum Gasteiger partial charge on any atom is 0.177 e. The number of nitrogens with one attached hydrogen (secondary N) is 1. The zero-order chi connectivity index (χ0) is 12.9. The van der Waals surface area contributed by atoms with Crippen LogP contribution >= 0.6 is 28.1 Å². The average Bonchev–Trinajstić information content (AvgIpc) is 2.86. The van der Waals surface area contributed by atoms with Crippen LogP contribution in [0.4, 0.5) is 4.39 Å². The number of benzene rings is 1. The topological polar surface area (TPSA) is 20.7 Å². The SMILES string of the molecule is Cc1[nH]c(=S)n2c1C[C@@H](c1cc(Br)ccc1F)C2. The number of imidazole rings is 1. The van der Waals surface area contributed by atoms with Crippen molar-refractivity contribution in [2.24, 2.45) is 0 Å². The van der Waals surface area contributed by atoms with Gasteiger partial charge in [0, 0.05) is 28.3 Å². The Labute approximate surface area is 118 Å². The van der Waals surface area contributed by atoms with Gasteiger partial charge in [-0.15, -0.1) is 0 Å². The molecule has 0 spiro atoms. The van der Waals surface area contributed by atoms with Crippen molar-refractivity contribution in [2.45, 2.75) is 25.8 Å². The van der Waals surface area contributed by atoms with Crippen LogP contribution in [0.3, 0.4) is 0 Å². The van der Waals surface area contributed by atoms with Crippen LogP contribution < -0.4 is 0 Å². The van der Waals surface area contributed by atoms with Crippen LogP contribution in [0.25, 0.3) is 0 Å². The summed E-state index contributed by atoms with van der Waals surface area (Å²) in [5.41, 5.74) is 3.06. The first kappa shape index (κ1) is 12.1. The van der Waals surface area contributed by atoms with Crippen molar-refractivity contribution >= 4 is 28.1 Å². The van der Waals surface area contributed by atoms with E-state index in [0.717, 1.165) is 33.5 Å². The van der Waals surface area contributed by atoms with E-state index in [2.05, 4.69) is 25.5 Å². The molecule has 0 saturated carbocycles. The summed E-state index contributed by atoms with van der Waals surface area (Å²) in [6.45, 7) is 2.77. The molecule has 5 heteroatoms. The van der Waals surface area contributed by atoms with Crippen molar-refractivity contribution in [1.82, 2.24) is 9.55 Å².